The monoisotopic (exact) mass is 351 g/mol. The van der Waals surface area contributed by atoms with Crippen LogP contribution in [0, 0.1) is 5.92 Å². The second-order valence-electron chi connectivity index (χ2n) is 4.87. The fraction of sp³-hybridized carbons (Fsp3) is 0.267. The fourth-order valence-electron chi connectivity index (χ4n) is 2.70. The largest absolute Gasteiger partial charge is 0.481 e. The molecule has 6 heteroatoms. The number of hydrogen-bond acceptors (Lipinski definition) is 3. The highest BCUT2D eigenvalue weighted by Crippen LogP contribution is 2.41. The highest BCUT2D eigenvalue weighted by atomic mass is 79.9. The van der Waals surface area contributed by atoms with Gasteiger partial charge in [0.15, 0.2) is 0 Å². The van der Waals surface area contributed by atoms with Gasteiger partial charge in [0.05, 0.1) is 5.57 Å². The lowest BCUT2D eigenvalue weighted by molar-refractivity contribution is -0.140. The molecular formula is C15H14BrNO4. The molecule has 0 amide bonds. The van der Waals surface area contributed by atoms with Crippen LogP contribution < -0.4 is 0 Å². The van der Waals surface area contributed by atoms with Gasteiger partial charge in [-0.3, -0.25) is 9.79 Å². The van der Waals surface area contributed by atoms with E-state index in [2.05, 4.69) is 20.9 Å². The van der Waals surface area contributed by atoms with Gasteiger partial charge in [-0.2, -0.15) is 0 Å². The Morgan fingerprint density at radius 3 is 2.33 bits per heavy atom. The SMILES string of the molecule is CC1=NC(C)=C(C(=O)O)C(c2ccccc2Br)C1C(=O)O. The van der Waals surface area contributed by atoms with E-state index in [1.54, 1.807) is 38.1 Å². The maximum Gasteiger partial charge on any atom is 0.334 e. The average molecular weight is 352 g/mol. The molecule has 0 spiro atoms. The van der Waals surface area contributed by atoms with E-state index in [-0.39, 0.29) is 5.57 Å². The van der Waals surface area contributed by atoms with Crippen LogP contribution in [0.5, 0.6) is 0 Å². The molecule has 0 saturated heterocycles. The van der Waals surface area contributed by atoms with Crippen molar-refractivity contribution in [2.75, 3.05) is 0 Å². The van der Waals surface area contributed by atoms with Gasteiger partial charge in [-0.25, -0.2) is 4.79 Å². The van der Waals surface area contributed by atoms with Gasteiger partial charge in [0.1, 0.15) is 5.92 Å². The minimum Gasteiger partial charge on any atom is -0.481 e. The van der Waals surface area contributed by atoms with Crippen LogP contribution in [0.2, 0.25) is 0 Å². The summed E-state index contributed by atoms with van der Waals surface area (Å²) in [5.74, 6) is -3.98. The molecule has 2 rings (SSSR count). The first-order valence-electron chi connectivity index (χ1n) is 6.31. The van der Waals surface area contributed by atoms with Gasteiger partial charge in [0.2, 0.25) is 0 Å². The number of halogens is 1. The minimum absolute atomic E-state index is 0.0277. The zero-order chi connectivity index (χ0) is 15.7. The predicted molar refractivity (Wildman–Crippen MR) is 81.5 cm³/mol. The zero-order valence-electron chi connectivity index (χ0n) is 11.5. The molecule has 1 aromatic rings. The van der Waals surface area contributed by atoms with Gasteiger partial charge in [0, 0.05) is 21.8 Å². The molecular weight excluding hydrogens is 338 g/mol. The maximum atomic E-state index is 11.6. The lowest BCUT2D eigenvalue weighted by atomic mass is 9.76. The van der Waals surface area contributed by atoms with Crippen LogP contribution in [0.4, 0.5) is 0 Å². The molecule has 1 heterocycles. The molecule has 1 aliphatic heterocycles. The first-order valence-corrected chi connectivity index (χ1v) is 7.10. The first kappa shape index (κ1) is 15.4. The molecule has 0 aromatic heterocycles. The standard InChI is InChI=1S/C15H14BrNO4/c1-7-11(14(18)19)13(9-5-3-4-6-10(9)16)12(15(20)21)8(2)17-7/h3-6,11,13H,1-2H3,(H,18,19)(H,20,21). The van der Waals surface area contributed by atoms with Crippen molar-refractivity contribution in [2.45, 2.75) is 19.8 Å². The van der Waals surface area contributed by atoms with E-state index < -0.39 is 23.8 Å². The lowest BCUT2D eigenvalue weighted by Crippen LogP contribution is -2.35. The van der Waals surface area contributed by atoms with Gasteiger partial charge in [0.25, 0.3) is 0 Å². The number of rotatable bonds is 3. The predicted octanol–water partition coefficient (Wildman–Crippen LogP) is 3.07. The Balaban J connectivity index is 2.72. The Kier molecular flexibility index (Phi) is 4.27. The van der Waals surface area contributed by atoms with Crippen LogP contribution in [0.1, 0.15) is 25.3 Å². The van der Waals surface area contributed by atoms with Crippen LogP contribution >= 0.6 is 15.9 Å². The molecule has 0 fully saturated rings. The summed E-state index contributed by atoms with van der Waals surface area (Å²) in [4.78, 5) is 27.3. The fourth-order valence-corrected chi connectivity index (χ4v) is 3.23. The number of aliphatic carboxylic acids is 2. The summed E-state index contributed by atoms with van der Waals surface area (Å²) in [6.45, 7) is 3.21. The van der Waals surface area contributed by atoms with Crippen LogP contribution in [-0.4, -0.2) is 27.9 Å². The molecule has 2 unspecified atom stereocenters. The number of nitrogens with zero attached hydrogens (tertiary/aromatic N) is 1. The number of carboxylic acids is 2. The highest BCUT2D eigenvalue weighted by molar-refractivity contribution is 9.10. The third-order valence-electron chi connectivity index (χ3n) is 3.57. The highest BCUT2D eigenvalue weighted by Gasteiger charge is 2.41. The van der Waals surface area contributed by atoms with Crippen molar-refractivity contribution in [3.63, 3.8) is 0 Å². The van der Waals surface area contributed by atoms with E-state index in [9.17, 15) is 19.8 Å². The molecule has 0 bridgehead atoms. The number of carboxylic acid groups (broad SMARTS) is 2. The van der Waals surface area contributed by atoms with Crippen molar-refractivity contribution in [2.24, 2.45) is 10.9 Å². The molecule has 2 N–H and O–H groups in total. The van der Waals surface area contributed by atoms with Crippen molar-refractivity contribution < 1.29 is 19.8 Å². The summed E-state index contributed by atoms with van der Waals surface area (Å²) in [6.07, 6.45) is 0. The smallest absolute Gasteiger partial charge is 0.334 e. The molecule has 21 heavy (non-hydrogen) atoms. The molecule has 1 aromatic carbocycles. The summed E-state index contributed by atoms with van der Waals surface area (Å²) in [5.41, 5.74) is 1.42. The summed E-state index contributed by atoms with van der Waals surface area (Å²) >= 11 is 3.38. The maximum absolute atomic E-state index is 11.6. The number of benzene rings is 1. The Hall–Kier alpha value is -1.95. The normalized spacial score (nSPS) is 22.0. The van der Waals surface area contributed by atoms with Crippen molar-refractivity contribution >= 4 is 33.6 Å². The second kappa shape index (κ2) is 5.81. The Morgan fingerprint density at radius 1 is 1.19 bits per heavy atom. The molecule has 0 radical (unpaired) electrons. The minimum atomic E-state index is -1.14. The summed E-state index contributed by atoms with van der Waals surface area (Å²) in [5, 5.41) is 19.0. The number of aliphatic imine (C=N–C) groups is 1. The van der Waals surface area contributed by atoms with Gasteiger partial charge in [-0.1, -0.05) is 34.1 Å². The van der Waals surface area contributed by atoms with Crippen molar-refractivity contribution in [3.05, 3.63) is 45.6 Å². The first-order chi connectivity index (χ1) is 9.84. The van der Waals surface area contributed by atoms with Crippen molar-refractivity contribution in [1.29, 1.82) is 0 Å². The number of hydrogen-bond donors (Lipinski definition) is 2. The lowest BCUT2D eigenvalue weighted by Gasteiger charge is -2.30. The van der Waals surface area contributed by atoms with Crippen LogP contribution in [0.3, 0.4) is 0 Å². The molecule has 0 aliphatic carbocycles. The van der Waals surface area contributed by atoms with Gasteiger partial charge < -0.3 is 10.2 Å². The number of allylic oxidation sites excluding steroid dienone is 1. The van der Waals surface area contributed by atoms with Gasteiger partial charge >= 0.3 is 11.9 Å². The third-order valence-corrected chi connectivity index (χ3v) is 4.29. The van der Waals surface area contributed by atoms with E-state index in [0.717, 1.165) is 0 Å². The summed E-state index contributed by atoms with van der Waals surface area (Å²) in [6, 6.07) is 7.06. The summed E-state index contributed by atoms with van der Waals surface area (Å²) in [7, 11) is 0. The Labute approximate surface area is 130 Å². The molecule has 2 atom stereocenters. The summed E-state index contributed by atoms with van der Waals surface area (Å²) < 4.78 is 0.683. The van der Waals surface area contributed by atoms with Crippen molar-refractivity contribution in [3.8, 4) is 0 Å². The van der Waals surface area contributed by atoms with E-state index in [4.69, 9.17) is 0 Å². The van der Waals surface area contributed by atoms with Crippen LogP contribution in [0.15, 0.2) is 45.0 Å². The van der Waals surface area contributed by atoms with Crippen LogP contribution in [0.25, 0.3) is 0 Å². The molecule has 110 valence electrons. The second-order valence-corrected chi connectivity index (χ2v) is 5.73. The van der Waals surface area contributed by atoms with Gasteiger partial charge in [-0.15, -0.1) is 0 Å². The third kappa shape index (κ3) is 2.76. The molecule has 5 nitrogen and oxygen atoms in total. The van der Waals surface area contributed by atoms with E-state index >= 15 is 0 Å². The van der Waals surface area contributed by atoms with E-state index in [0.29, 0.717) is 21.4 Å². The van der Waals surface area contributed by atoms with Gasteiger partial charge in [-0.05, 0) is 25.5 Å². The average Bonchev–Trinajstić information content (AvgIpc) is 2.37. The Morgan fingerprint density at radius 2 is 1.81 bits per heavy atom. The molecule has 1 aliphatic rings. The Bertz CT molecular complexity index is 678. The van der Waals surface area contributed by atoms with E-state index in [1.165, 1.54) is 0 Å². The zero-order valence-corrected chi connectivity index (χ0v) is 13.1. The van der Waals surface area contributed by atoms with Crippen LogP contribution in [-0.2, 0) is 9.59 Å². The molecule has 0 saturated carbocycles. The number of carbonyl (C=O) groups is 2. The topological polar surface area (TPSA) is 87.0 Å². The quantitative estimate of drug-likeness (QED) is 0.875. The van der Waals surface area contributed by atoms with E-state index in [1.807, 2.05) is 0 Å². The van der Waals surface area contributed by atoms with Crippen molar-refractivity contribution in [1.82, 2.24) is 0 Å².